The van der Waals surface area contributed by atoms with Gasteiger partial charge in [-0.3, -0.25) is 0 Å². The number of rotatable bonds is 4. The SMILES string of the molecule is Cl.NCC(c1ccccc1)c1nc(C2CCOC2)no1. The highest BCUT2D eigenvalue weighted by atomic mass is 35.5. The molecule has 1 saturated heterocycles. The first-order valence-corrected chi connectivity index (χ1v) is 6.54. The molecule has 2 heterocycles. The average molecular weight is 296 g/mol. The van der Waals surface area contributed by atoms with E-state index in [2.05, 4.69) is 10.1 Å². The van der Waals surface area contributed by atoms with Crippen molar-refractivity contribution < 1.29 is 9.26 Å². The summed E-state index contributed by atoms with van der Waals surface area (Å²) in [5.74, 6) is 1.55. The van der Waals surface area contributed by atoms with Crippen LogP contribution in [0.1, 0.15) is 35.5 Å². The van der Waals surface area contributed by atoms with Crippen LogP contribution in [0.3, 0.4) is 0 Å². The molecular weight excluding hydrogens is 278 g/mol. The topological polar surface area (TPSA) is 74.2 Å². The zero-order valence-electron chi connectivity index (χ0n) is 11.1. The predicted molar refractivity (Wildman–Crippen MR) is 77.1 cm³/mol. The van der Waals surface area contributed by atoms with Crippen molar-refractivity contribution in [2.45, 2.75) is 18.3 Å². The largest absolute Gasteiger partial charge is 0.381 e. The summed E-state index contributed by atoms with van der Waals surface area (Å²) in [6.45, 7) is 1.90. The lowest BCUT2D eigenvalue weighted by atomic mass is 9.99. The second kappa shape index (κ2) is 6.83. The minimum absolute atomic E-state index is 0. The van der Waals surface area contributed by atoms with E-state index in [1.54, 1.807) is 0 Å². The molecule has 0 bridgehead atoms. The van der Waals surface area contributed by atoms with Crippen LogP contribution in [0.15, 0.2) is 34.9 Å². The van der Waals surface area contributed by atoms with Gasteiger partial charge in [0, 0.05) is 19.1 Å². The molecule has 6 heteroatoms. The highest BCUT2D eigenvalue weighted by molar-refractivity contribution is 5.85. The van der Waals surface area contributed by atoms with Gasteiger partial charge in [-0.05, 0) is 12.0 Å². The van der Waals surface area contributed by atoms with Crippen molar-refractivity contribution in [3.8, 4) is 0 Å². The molecule has 1 aromatic carbocycles. The number of hydrogen-bond acceptors (Lipinski definition) is 5. The number of ether oxygens (including phenoxy) is 1. The van der Waals surface area contributed by atoms with Crippen LogP contribution in [0.4, 0.5) is 0 Å². The van der Waals surface area contributed by atoms with Crippen molar-refractivity contribution >= 4 is 12.4 Å². The van der Waals surface area contributed by atoms with Gasteiger partial charge in [-0.1, -0.05) is 35.5 Å². The lowest BCUT2D eigenvalue weighted by Crippen LogP contribution is -2.14. The number of nitrogens with two attached hydrogens (primary N) is 1. The van der Waals surface area contributed by atoms with E-state index in [1.165, 1.54) is 0 Å². The fraction of sp³-hybridized carbons (Fsp3) is 0.429. The first kappa shape index (κ1) is 15.0. The molecule has 1 fully saturated rings. The van der Waals surface area contributed by atoms with Gasteiger partial charge < -0.3 is 15.0 Å². The van der Waals surface area contributed by atoms with Crippen LogP contribution < -0.4 is 5.73 Å². The molecule has 1 aliphatic heterocycles. The van der Waals surface area contributed by atoms with Gasteiger partial charge >= 0.3 is 0 Å². The third-order valence-corrected chi connectivity index (χ3v) is 3.49. The number of halogens is 1. The minimum Gasteiger partial charge on any atom is -0.381 e. The zero-order valence-corrected chi connectivity index (χ0v) is 11.9. The Balaban J connectivity index is 0.00000147. The molecule has 5 nitrogen and oxygen atoms in total. The Hall–Kier alpha value is -1.43. The Bertz CT molecular complexity index is 526. The van der Waals surface area contributed by atoms with Crippen molar-refractivity contribution in [3.05, 3.63) is 47.6 Å². The quantitative estimate of drug-likeness (QED) is 0.935. The molecule has 2 aromatic rings. The normalized spacial score (nSPS) is 19.6. The molecule has 2 N–H and O–H groups in total. The molecule has 1 aromatic heterocycles. The Morgan fingerprint density at radius 1 is 1.30 bits per heavy atom. The molecule has 0 spiro atoms. The Morgan fingerprint density at radius 2 is 2.10 bits per heavy atom. The molecular formula is C14H18ClN3O2. The van der Waals surface area contributed by atoms with E-state index in [1.807, 2.05) is 30.3 Å². The van der Waals surface area contributed by atoms with E-state index < -0.39 is 0 Å². The Kier molecular flexibility index (Phi) is 5.11. The van der Waals surface area contributed by atoms with Crippen molar-refractivity contribution in [1.82, 2.24) is 10.1 Å². The first-order valence-electron chi connectivity index (χ1n) is 6.54. The highest BCUT2D eigenvalue weighted by Gasteiger charge is 2.26. The van der Waals surface area contributed by atoms with Crippen LogP contribution in [-0.2, 0) is 4.74 Å². The number of benzene rings is 1. The summed E-state index contributed by atoms with van der Waals surface area (Å²) in [7, 11) is 0. The molecule has 1 aliphatic rings. The Morgan fingerprint density at radius 3 is 2.75 bits per heavy atom. The number of nitrogens with zero attached hydrogens (tertiary/aromatic N) is 2. The van der Waals surface area contributed by atoms with Gasteiger partial charge in [-0.25, -0.2) is 0 Å². The number of aromatic nitrogens is 2. The van der Waals surface area contributed by atoms with Gasteiger partial charge in [-0.2, -0.15) is 4.98 Å². The van der Waals surface area contributed by atoms with Gasteiger partial charge in [0.15, 0.2) is 5.82 Å². The molecule has 2 atom stereocenters. The van der Waals surface area contributed by atoms with E-state index in [9.17, 15) is 0 Å². The van der Waals surface area contributed by atoms with Gasteiger partial charge in [-0.15, -0.1) is 12.4 Å². The van der Waals surface area contributed by atoms with E-state index in [4.69, 9.17) is 15.0 Å². The second-order valence-corrected chi connectivity index (χ2v) is 4.75. The third kappa shape index (κ3) is 3.00. The average Bonchev–Trinajstić information content (AvgIpc) is 3.11. The summed E-state index contributed by atoms with van der Waals surface area (Å²) in [6, 6.07) is 10.0. The van der Waals surface area contributed by atoms with Gasteiger partial charge in [0.05, 0.1) is 12.5 Å². The molecule has 3 rings (SSSR count). The fourth-order valence-electron chi connectivity index (χ4n) is 2.36. The molecule has 0 saturated carbocycles. The summed E-state index contributed by atoms with van der Waals surface area (Å²) in [5.41, 5.74) is 6.95. The van der Waals surface area contributed by atoms with Crippen LogP contribution in [0, 0.1) is 0 Å². The van der Waals surface area contributed by atoms with Gasteiger partial charge in [0.25, 0.3) is 0 Å². The molecule has 0 aliphatic carbocycles. The van der Waals surface area contributed by atoms with E-state index in [0.29, 0.717) is 19.0 Å². The summed E-state index contributed by atoms with van der Waals surface area (Å²) in [4.78, 5) is 4.50. The van der Waals surface area contributed by atoms with Crippen molar-refractivity contribution in [3.63, 3.8) is 0 Å². The highest BCUT2D eigenvalue weighted by Crippen LogP contribution is 2.26. The van der Waals surface area contributed by atoms with Crippen molar-refractivity contribution in [2.24, 2.45) is 5.73 Å². The number of hydrogen-bond donors (Lipinski definition) is 1. The van der Waals surface area contributed by atoms with E-state index >= 15 is 0 Å². The molecule has 108 valence electrons. The summed E-state index contributed by atoms with van der Waals surface area (Å²) < 4.78 is 10.7. The van der Waals surface area contributed by atoms with Crippen molar-refractivity contribution in [2.75, 3.05) is 19.8 Å². The van der Waals surface area contributed by atoms with Crippen LogP contribution in [0.25, 0.3) is 0 Å². The van der Waals surface area contributed by atoms with Crippen LogP contribution in [0.5, 0.6) is 0 Å². The maximum absolute atomic E-state index is 5.85. The second-order valence-electron chi connectivity index (χ2n) is 4.75. The summed E-state index contributed by atoms with van der Waals surface area (Å²) >= 11 is 0. The van der Waals surface area contributed by atoms with Crippen LogP contribution >= 0.6 is 12.4 Å². The lowest BCUT2D eigenvalue weighted by molar-refractivity contribution is 0.192. The maximum Gasteiger partial charge on any atom is 0.235 e. The van der Waals surface area contributed by atoms with E-state index in [0.717, 1.165) is 24.4 Å². The fourth-order valence-corrected chi connectivity index (χ4v) is 2.36. The van der Waals surface area contributed by atoms with Crippen molar-refractivity contribution in [1.29, 1.82) is 0 Å². The molecule has 0 radical (unpaired) electrons. The van der Waals surface area contributed by atoms with Crippen LogP contribution in [0.2, 0.25) is 0 Å². The minimum atomic E-state index is -0.0372. The molecule has 2 unspecified atom stereocenters. The third-order valence-electron chi connectivity index (χ3n) is 3.49. The van der Waals surface area contributed by atoms with Gasteiger partial charge in [0.2, 0.25) is 5.89 Å². The van der Waals surface area contributed by atoms with Gasteiger partial charge in [0.1, 0.15) is 0 Å². The lowest BCUT2D eigenvalue weighted by Gasteiger charge is -2.09. The zero-order chi connectivity index (χ0) is 13.1. The maximum atomic E-state index is 5.85. The monoisotopic (exact) mass is 295 g/mol. The summed E-state index contributed by atoms with van der Waals surface area (Å²) in [6.07, 6.45) is 0.956. The smallest absolute Gasteiger partial charge is 0.235 e. The Labute approximate surface area is 123 Å². The van der Waals surface area contributed by atoms with Crippen LogP contribution in [-0.4, -0.2) is 29.9 Å². The van der Waals surface area contributed by atoms with E-state index in [-0.39, 0.29) is 24.2 Å². The standard InChI is InChI=1S/C14H17N3O2.ClH/c15-8-12(10-4-2-1-3-5-10)14-16-13(17-19-14)11-6-7-18-9-11;/h1-5,11-12H,6-9,15H2;1H. The predicted octanol–water partition coefficient (Wildman–Crippen LogP) is 2.09. The molecule has 20 heavy (non-hydrogen) atoms. The first-order chi connectivity index (χ1) is 9.38. The molecule has 0 amide bonds. The summed E-state index contributed by atoms with van der Waals surface area (Å²) in [5, 5.41) is 4.07.